The molecule has 1 saturated carbocycles. The Morgan fingerprint density at radius 2 is 2.06 bits per heavy atom. The van der Waals surface area contributed by atoms with Gasteiger partial charge in [0, 0.05) is 17.6 Å². The molecule has 1 aromatic carbocycles. The van der Waals surface area contributed by atoms with E-state index < -0.39 is 0 Å². The Hall–Kier alpha value is -1.21. The number of nitriles is 1. The zero-order chi connectivity index (χ0) is 13.0. The summed E-state index contributed by atoms with van der Waals surface area (Å²) in [5, 5.41) is 12.4. The predicted octanol–water partition coefficient (Wildman–Crippen LogP) is 3.95. The van der Waals surface area contributed by atoms with Crippen molar-refractivity contribution in [2.75, 3.05) is 12.4 Å². The molecule has 0 saturated heterocycles. The first kappa shape index (κ1) is 13.2. The Morgan fingerprint density at radius 1 is 1.33 bits per heavy atom. The summed E-state index contributed by atoms with van der Waals surface area (Å²) in [6.07, 6.45) is 4.15. The maximum atomic E-state index is 8.87. The van der Waals surface area contributed by atoms with Crippen LogP contribution in [0.3, 0.4) is 0 Å². The second-order valence-corrected chi connectivity index (χ2v) is 5.53. The highest BCUT2D eigenvalue weighted by molar-refractivity contribution is 9.10. The Balaban J connectivity index is 1.94. The van der Waals surface area contributed by atoms with Crippen LogP contribution < -0.4 is 10.1 Å². The normalized spacial score (nSPS) is 23.2. The summed E-state index contributed by atoms with van der Waals surface area (Å²) in [4.78, 5) is 0. The Kier molecular flexibility index (Phi) is 4.48. The van der Waals surface area contributed by atoms with Crippen molar-refractivity contribution in [1.29, 1.82) is 5.26 Å². The second-order valence-electron chi connectivity index (χ2n) is 4.67. The Bertz CT molecular complexity index is 448. The molecule has 0 bridgehead atoms. The molecule has 0 unspecified atom stereocenters. The van der Waals surface area contributed by atoms with Crippen molar-refractivity contribution in [3.8, 4) is 11.8 Å². The molecule has 0 spiro atoms. The lowest BCUT2D eigenvalue weighted by molar-refractivity contribution is 0.397. The lowest BCUT2D eigenvalue weighted by Crippen LogP contribution is -2.25. The van der Waals surface area contributed by atoms with Crippen LogP contribution in [0, 0.1) is 17.2 Å². The molecule has 0 aromatic heterocycles. The van der Waals surface area contributed by atoms with Gasteiger partial charge in [0.2, 0.25) is 0 Å². The van der Waals surface area contributed by atoms with E-state index in [0.29, 0.717) is 6.04 Å². The zero-order valence-electron chi connectivity index (χ0n) is 10.4. The largest absolute Gasteiger partial charge is 0.496 e. The number of anilines is 1. The van der Waals surface area contributed by atoms with Gasteiger partial charge in [0.1, 0.15) is 5.75 Å². The summed E-state index contributed by atoms with van der Waals surface area (Å²) in [6, 6.07) is 8.86. The van der Waals surface area contributed by atoms with E-state index in [-0.39, 0.29) is 5.92 Å². The van der Waals surface area contributed by atoms with E-state index in [1.54, 1.807) is 7.11 Å². The number of methoxy groups -OCH3 is 1. The zero-order valence-corrected chi connectivity index (χ0v) is 12.0. The van der Waals surface area contributed by atoms with E-state index in [2.05, 4.69) is 27.3 Å². The minimum Gasteiger partial charge on any atom is -0.496 e. The summed E-state index contributed by atoms with van der Waals surface area (Å²) < 4.78 is 6.17. The van der Waals surface area contributed by atoms with Crippen LogP contribution in [0.4, 0.5) is 5.69 Å². The molecule has 0 atom stereocenters. The average molecular weight is 309 g/mol. The second kappa shape index (κ2) is 6.10. The van der Waals surface area contributed by atoms with Crippen LogP contribution in [0.15, 0.2) is 22.7 Å². The van der Waals surface area contributed by atoms with Crippen molar-refractivity contribution < 1.29 is 4.74 Å². The van der Waals surface area contributed by atoms with Crippen LogP contribution in [0.25, 0.3) is 0 Å². The van der Waals surface area contributed by atoms with Crippen molar-refractivity contribution in [1.82, 2.24) is 0 Å². The molecule has 4 heteroatoms. The molecule has 0 aliphatic heterocycles. The van der Waals surface area contributed by atoms with Gasteiger partial charge < -0.3 is 10.1 Å². The van der Waals surface area contributed by atoms with Gasteiger partial charge in [-0.25, -0.2) is 0 Å². The Labute approximate surface area is 116 Å². The first-order valence-electron chi connectivity index (χ1n) is 6.22. The number of hydrogen-bond donors (Lipinski definition) is 1. The minimum absolute atomic E-state index is 0.255. The number of ether oxygens (including phenoxy) is 1. The quantitative estimate of drug-likeness (QED) is 0.919. The van der Waals surface area contributed by atoms with E-state index in [4.69, 9.17) is 10.00 Å². The average Bonchev–Trinajstić information content (AvgIpc) is 2.40. The smallest absolute Gasteiger partial charge is 0.133 e. The van der Waals surface area contributed by atoms with Crippen molar-refractivity contribution in [2.45, 2.75) is 31.7 Å². The van der Waals surface area contributed by atoms with Crippen LogP contribution in [0.5, 0.6) is 5.75 Å². The van der Waals surface area contributed by atoms with Crippen LogP contribution in [-0.4, -0.2) is 13.2 Å². The molecule has 18 heavy (non-hydrogen) atoms. The number of halogens is 1. The number of hydrogen-bond acceptors (Lipinski definition) is 3. The van der Waals surface area contributed by atoms with Crippen LogP contribution >= 0.6 is 15.9 Å². The topological polar surface area (TPSA) is 45.0 Å². The molecule has 1 aliphatic carbocycles. The standard InChI is InChI=1S/C14H17BrN2O/c1-18-14-7-6-12(8-13(14)15)17-11-4-2-10(9-16)3-5-11/h6-8,10-11,17H,2-5H2,1H3. The van der Waals surface area contributed by atoms with Gasteiger partial charge in [0.25, 0.3) is 0 Å². The molecule has 1 fully saturated rings. The van der Waals surface area contributed by atoms with Gasteiger partial charge in [-0.3, -0.25) is 0 Å². The van der Waals surface area contributed by atoms with E-state index >= 15 is 0 Å². The van der Waals surface area contributed by atoms with Crippen molar-refractivity contribution >= 4 is 21.6 Å². The third-order valence-electron chi connectivity index (χ3n) is 3.43. The fourth-order valence-corrected chi connectivity index (χ4v) is 2.90. The van der Waals surface area contributed by atoms with Gasteiger partial charge in [-0.2, -0.15) is 5.26 Å². The number of nitrogens with one attached hydrogen (secondary N) is 1. The van der Waals surface area contributed by atoms with Gasteiger partial charge in [0.05, 0.1) is 17.7 Å². The SMILES string of the molecule is COc1ccc(NC2CCC(C#N)CC2)cc1Br. The van der Waals surface area contributed by atoms with Crippen LogP contribution in [0.1, 0.15) is 25.7 Å². The highest BCUT2D eigenvalue weighted by atomic mass is 79.9. The highest BCUT2D eigenvalue weighted by Gasteiger charge is 2.20. The fraction of sp³-hybridized carbons (Fsp3) is 0.500. The molecule has 96 valence electrons. The summed E-state index contributed by atoms with van der Waals surface area (Å²) in [6.45, 7) is 0. The third-order valence-corrected chi connectivity index (χ3v) is 4.05. The lowest BCUT2D eigenvalue weighted by Gasteiger charge is -2.26. The van der Waals surface area contributed by atoms with E-state index in [1.807, 2.05) is 18.2 Å². The molecule has 1 aliphatic rings. The van der Waals surface area contributed by atoms with E-state index in [0.717, 1.165) is 41.6 Å². The van der Waals surface area contributed by atoms with Crippen LogP contribution in [0.2, 0.25) is 0 Å². The van der Waals surface area contributed by atoms with Gasteiger partial charge in [-0.05, 0) is 59.8 Å². The van der Waals surface area contributed by atoms with Gasteiger partial charge in [-0.1, -0.05) is 0 Å². The van der Waals surface area contributed by atoms with Gasteiger partial charge >= 0.3 is 0 Å². The predicted molar refractivity (Wildman–Crippen MR) is 75.7 cm³/mol. The summed E-state index contributed by atoms with van der Waals surface area (Å²) in [5.41, 5.74) is 1.10. The maximum absolute atomic E-state index is 8.87. The van der Waals surface area contributed by atoms with Crippen molar-refractivity contribution in [2.24, 2.45) is 5.92 Å². The molecule has 2 rings (SSSR count). The molecule has 1 N–H and O–H groups in total. The fourth-order valence-electron chi connectivity index (χ4n) is 2.36. The van der Waals surface area contributed by atoms with Gasteiger partial charge in [-0.15, -0.1) is 0 Å². The van der Waals surface area contributed by atoms with E-state index in [1.165, 1.54) is 0 Å². The summed E-state index contributed by atoms with van der Waals surface area (Å²) in [7, 11) is 1.66. The summed E-state index contributed by atoms with van der Waals surface area (Å²) in [5.74, 6) is 1.10. The molecule has 0 radical (unpaired) electrons. The van der Waals surface area contributed by atoms with Crippen molar-refractivity contribution in [3.05, 3.63) is 22.7 Å². The third kappa shape index (κ3) is 3.17. The number of rotatable bonds is 3. The van der Waals surface area contributed by atoms with Crippen LogP contribution in [-0.2, 0) is 0 Å². The van der Waals surface area contributed by atoms with Crippen molar-refractivity contribution in [3.63, 3.8) is 0 Å². The Morgan fingerprint density at radius 3 is 2.61 bits per heavy atom. The first-order chi connectivity index (χ1) is 8.72. The molecular weight excluding hydrogens is 292 g/mol. The first-order valence-corrected chi connectivity index (χ1v) is 7.02. The molecule has 0 amide bonds. The summed E-state index contributed by atoms with van der Waals surface area (Å²) >= 11 is 3.48. The number of nitrogens with zero attached hydrogens (tertiary/aromatic N) is 1. The lowest BCUT2D eigenvalue weighted by atomic mass is 9.87. The molecular formula is C14H17BrN2O. The van der Waals surface area contributed by atoms with E-state index in [9.17, 15) is 0 Å². The molecule has 3 nitrogen and oxygen atoms in total. The monoisotopic (exact) mass is 308 g/mol. The molecule has 0 heterocycles. The highest BCUT2D eigenvalue weighted by Crippen LogP contribution is 2.30. The minimum atomic E-state index is 0.255. The number of benzene rings is 1. The van der Waals surface area contributed by atoms with Gasteiger partial charge in [0.15, 0.2) is 0 Å². The maximum Gasteiger partial charge on any atom is 0.133 e. The molecule has 1 aromatic rings.